The fraction of sp³-hybridized carbons (Fsp3) is 0.909. The Labute approximate surface area is 91.5 Å². The van der Waals surface area contributed by atoms with Gasteiger partial charge in [-0.2, -0.15) is 0 Å². The lowest BCUT2D eigenvalue weighted by molar-refractivity contribution is -0.121. The minimum Gasteiger partial charge on any atom is -0.381 e. The van der Waals surface area contributed by atoms with Gasteiger partial charge in [0.05, 0.1) is 6.61 Å². The first kappa shape index (κ1) is 12.5. The van der Waals surface area contributed by atoms with Crippen LogP contribution in [0.4, 0.5) is 0 Å². The molecule has 0 saturated carbocycles. The first-order valence-corrected chi connectivity index (χ1v) is 5.61. The first-order chi connectivity index (χ1) is 6.97. The van der Waals surface area contributed by atoms with Gasteiger partial charge in [-0.25, -0.2) is 0 Å². The summed E-state index contributed by atoms with van der Waals surface area (Å²) in [6, 6.07) is 0. The van der Waals surface area contributed by atoms with E-state index in [1.54, 1.807) is 0 Å². The highest BCUT2D eigenvalue weighted by Crippen LogP contribution is 2.11. The Balaban J connectivity index is 2.08. The van der Waals surface area contributed by atoms with Crippen molar-refractivity contribution in [2.75, 3.05) is 19.8 Å². The zero-order chi connectivity index (χ0) is 11.3. The zero-order valence-corrected chi connectivity index (χ0v) is 9.71. The SMILES string of the molecule is CC(C)(N)CCC(=O)NCC1CCOC1. The summed E-state index contributed by atoms with van der Waals surface area (Å²) in [5, 5.41) is 2.92. The summed E-state index contributed by atoms with van der Waals surface area (Å²) in [6.07, 6.45) is 2.29. The van der Waals surface area contributed by atoms with Gasteiger partial charge in [-0.1, -0.05) is 0 Å². The molecule has 0 aromatic rings. The van der Waals surface area contributed by atoms with Gasteiger partial charge < -0.3 is 15.8 Å². The maximum Gasteiger partial charge on any atom is 0.220 e. The molecule has 15 heavy (non-hydrogen) atoms. The van der Waals surface area contributed by atoms with E-state index in [9.17, 15) is 4.79 Å². The van der Waals surface area contributed by atoms with E-state index in [1.165, 1.54) is 0 Å². The lowest BCUT2D eigenvalue weighted by Crippen LogP contribution is -2.35. The van der Waals surface area contributed by atoms with Gasteiger partial charge in [-0.15, -0.1) is 0 Å². The van der Waals surface area contributed by atoms with Crippen LogP contribution in [-0.4, -0.2) is 31.2 Å². The normalized spacial score (nSPS) is 21.7. The van der Waals surface area contributed by atoms with Gasteiger partial charge in [-0.3, -0.25) is 4.79 Å². The highest BCUT2D eigenvalue weighted by molar-refractivity contribution is 5.75. The molecule has 4 nitrogen and oxygen atoms in total. The maximum atomic E-state index is 11.4. The third-order valence-electron chi connectivity index (χ3n) is 2.61. The van der Waals surface area contributed by atoms with E-state index < -0.39 is 0 Å². The molecule has 1 atom stereocenters. The molecular weight excluding hydrogens is 192 g/mol. The minimum atomic E-state index is -0.256. The second-order valence-corrected chi connectivity index (χ2v) is 5.02. The molecule has 0 radical (unpaired) electrons. The monoisotopic (exact) mass is 214 g/mol. The van der Waals surface area contributed by atoms with Crippen LogP contribution in [0.25, 0.3) is 0 Å². The van der Waals surface area contributed by atoms with Gasteiger partial charge in [0.2, 0.25) is 5.91 Å². The summed E-state index contributed by atoms with van der Waals surface area (Å²) in [7, 11) is 0. The van der Waals surface area contributed by atoms with E-state index in [4.69, 9.17) is 10.5 Å². The summed E-state index contributed by atoms with van der Waals surface area (Å²) in [5.41, 5.74) is 5.55. The molecule has 0 bridgehead atoms. The molecule has 0 aliphatic carbocycles. The van der Waals surface area contributed by atoms with Crippen LogP contribution in [0.3, 0.4) is 0 Å². The van der Waals surface area contributed by atoms with Crippen molar-refractivity contribution in [3.63, 3.8) is 0 Å². The van der Waals surface area contributed by atoms with Gasteiger partial charge in [-0.05, 0) is 26.7 Å². The zero-order valence-electron chi connectivity index (χ0n) is 9.71. The van der Waals surface area contributed by atoms with Crippen molar-refractivity contribution in [3.05, 3.63) is 0 Å². The number of rotatable bonds is 5. The Bertz CT molecular complexity index is 205. The summed E-state index contributed by atoms with van der Waals surface area (Å²) < 4.78 is 5.23. The maximum absolute atomic E-state index is 11.4. The molecule has 4 heteroatoms. The molecule has 1 fully saturated rings. The van der Waals surface area contributed by atoms with E-state index in [0.717, 1.165) is 32.6 Å². The standard InChI is InChI=1S/C11H22N2O2/c1-11(2,12)5-3-10(14)13-7-9-4-6-15-8-9/h9H,3-8,12H2,1-2H3,(H,13,14). The van der Waals surface area contributed by atoms with Crippen LogP contribution in [0, 0.1) is 5.92 Å². The number of hydrogen-bond donors (Lipinski definition) is 2. The van der Waals surface area contributed by atoms with E-state index in [1.807, 2.05) is 13.8 Å². The van der Waals surface area contributed by atoms with Crippen LogP contribution >= 0.6 is 0 Å². The lowest BCUT2D eigenvalue weighted by Gasteiger charge is -2.18. The summed E-state index contributed by atoms with van der Waals surface area (Å²) in [4.78, 5) is 11.4. The highest BCUT2D eigenvalue weighted by atomic mass is 16.5. The third kappa shape index (κ3) is 5.74. The van der Waals surface area contributed by atoms with Crippen LogP contribution in [0.5, 0.6) is 0 Å². The largest absolute Gasteiger partial charge is 0.381 e. The number of nitrogens with one attached hydrogen (secondary N) is 1. The van der Waals surface area contributed by atoms with Crippen molar-refractivity contribution in [2.24, 2.45) is 11.7 Å². The molecule has 0 aromatic carbocycles. The molecule has 88 valence electrons. The fourth-order valence-corrected chi connectivity index (χ4v) is 1.53. The van der Waals surface area contributed by atoms with E-state index in [-0.39, 0.29) is 11.4 Å². The predicted octanol–water partition coefficient (Wildman–Crippen LogP) is 0.657. The molecule has 1 rings (SSSR count). The smallest absolute Gasteiger partial charge is 0.220 e. The summed E-state index contributed by atoms with van der Waals surface area (Å²) >= 11 is 0. The van der Waals surface area contributed by atoms with Crippen molar-refractivity contribution < 1.29 is 9.53 Å². The van der Waals surface area contributed by atoms with Crippen molar-refractivity contribution in [1.29, 1.82) is 0 Å². The van der Waals surface area contributed by atoms with Crippen LogP contribution in [0.15, 0.2) is 0 Å². The third-order valence-corrected chi connectivity index (χ3v) is 2.61. The van der Waals surface area contributed by atoms with Crippen LogP contribution in [0.2, 0.25) is 0 Å². The van der Waals surface area contributed by atoms with Crippen LogP contribution in [-0.2, 0) is 9.53 Å². The van der Waals surface area contributed by atoms with Crippen molar-refractivity contribution in [2.45, 2.75) is 38.6 Å². The molecule has 0 aromatic heterocycles. The molecule has 1 aliphatic rings. The van der Waals surface area contributed by atoms with Crippen molar-refractivity contribution in [1.82, 2.24) is 5.32 Å². The van der Waals surface area contributed by atoms with Gasteiger partial charge in [0.15, 0.2) is 0 Å². The Morgan fingerprint density at radius 1 is 1.60 bits per heavy atom. The topological polar surface area (TPSA) is 64.4 Å². The van der Waals surface area contributed by atoms with Gasteiger partial charge in [0.25, 0.3) is 0 Å². The number of hydrogen-bond acceptors (Lipinski definition) is 3. The number of carbonyl (C=O) groups is 1. The molecule has 0 spiro atoms. The molecule has 3 N–H and O–H groups in total. The Morgan fingerprint density at radius 3 is 2.87 bits per heavy atom. The summed E-state index contributed by atoms with van der Waals surface area (Å²) in [6.45, 7) is 6.22. The quantitative estimate of drug-likeness (QED) is 0.706. The lowest BCUT2D eigenvalue weighted by atomic mass is 10.00. The number of ether oxygens (including phenoxy) is 1. The van der Waals surface area contributed by atoms with E-state index in [0.29, 0.717) is 12.3 Å². The van der Waals surface area contributed by atoms with Crippen LogP contribution in [0.1, 0.15) is 33.1 Å². The van der Waals surface area contributed by atoms with Crippen LogP contribution < -0.4 is 11.1 Å². The fourth-order valence-electron chi connectivity index (χ4n) is 1.53. The molecule has 1 heterocycles. The Morgan fingerprint density at radius 2 is 2.33 bits per heavy atom. The molecule has 1 unspecified atom stereocenters. The Kier molecular flexibility index (Phi) is 4.54. The predicted molar refractivity (Wildman–Crippen MR) is 59.4 cm³/mol. The highest BCUT2D eigenvalue weighted by Gasteiger charge is 2.17. The molecular formula is C11H22N2O2. The van der Waals surface area contributed by atoms with Gasteiger partial charge in [0.1, 0.15) is 0 Å². The average Bonchev–Trinajstić information content (AvgIpc) is 2.62. The van der Waals surface area contributed by atoms with E-state index in [2.05, 4.69) is 5.32 Å². The number of amides is 1. The first-order valence-electron chi connectivity index (χ1n) is 5.61. The second-order valence-electron chi connectivity index (χ2n) is 5.02. The minimum absolute atomic E-state index is 0.0976. The molecule has 1 aliphatic heterocycles. The second kappa shape index (κ2) is 5.47. The molecule has 1 amide bonds. The number of nitrogens with two attached hydrogens (primary N) is 1. The number of carbonyl (C=O) groups excluding carboxylic acids is 1. The van der Waals surface area contributed by atoms with Gasteiger partial charge in [0, 0.05) is 31.0 Å². The Hall–Kier alpha value is -0.610. The average molecular weight is 214 g/mol. The van der Waals surface area contributed by atoms with Crippen molar-refractivity contribution in [3.8, 4) is 0 Å². The molecule has 1 saturated heterocycles. The summed E-state index contributed by atoms with van der Waals surface area (Å²) in [5.74, 6) is 0.597. The van der Waals surface area contributed by atoms with E-state index >= 15 is 0 Å². The van der Waals surface area contributed by atoms with Gasteiger partial charge >= 0.3 is 0 Å². The van der Waals surface area contributed by atoms with Crippen molar-refractivity contribution >= 4 is 5.91 Å².